The number of para-hydroxylation sites is 1. The molecule has 0 spiro atoms. The minimum atomic E-state index is -4.13. The van der Waals surface area contributed by atoms with Gasteiger partial charge in [0.2, 0.25) is 0 Å². The summed E-state index contributed by atoms with van der Waals surface area (Å²) in [4.78, 5) is 11.2. The molecule has 0 amide bonds. The zero-order valence-corrected chi connectivity index (χ0v) is 12.5. The monoisotopic (exact) mass is 342 g/mol. The maximum absolute atomic E-state index is 12.4. The molecule has 1 aromatic carbocycles. The van der Waals surface area contributed by atoms with Gasteiger partial charge in [-0.05, 0) is 24.6 Å². The van der Waals surface area contributed by atoms with Gasteiger partial charge in [0.1, 0.15) is 5.56 Å². The molecule has 9 heteroatoms. The van der Waals surface area contributed by atoms with Gasteiger partial charge in [-0.25, -0.2) is 17.9 Å². The molecule has 2 aromatic rings. The average Bonchev–Trinajstić information content (AvgIpc) is 2.93. The fraction of sp³-hybridized carbons (Fsp3) is 0.143. The molecule has 0 aliphatic heterocycles. The van der Waals surface area contributed by atoms with E-state index in [0.717, 1.165) is 10.9 Å². The van der Waals surface area contributed by atoms with Crippen LogP contribution in [0.25, 0.3) is 5.69 Å². The number of aromatic nitrogens is 2. The van der Waals surface area contributed by atoms with Crippen LogP contribution in [0, 0.1) is 0 Å². The van der Waals surface area contributed by atoms with Crippen molar-refractivity contribution in [3.63, 3.8) is 0 Å². The van der Waals surface area contributed by atoms with Gasteiger partial charge in [-0.15, -0.1) is 0 Å². The van der Waals surface area contributed by atoms with E-state index in [1.54, 1.807) is 30.3 Å². The third kappa shape index (κ3) is 3.81. The van der Waals surface area contributed by atoms with E-state index in [9.17, 15) is 22.0 Å². The minimum absolute atomic E-state index is 0.353. The van der Waals surface area contributed by atoms with Gasteiger partial charge in [0.25, 0.3) is 6.08 Å². The Morgan fingerprint density at radius 3 is 2.48 bits per heavy atom. The molecule has 1 N–H and O–H groups in total. The molecule has 0 saturated carbocycles. The van der Waals surface area contributed by atoms with Crippen molar-refractivity contribution < 1.29 is 27.1 Å². The Hall–Kier alpha value is -2.55. The molecule has 122 valence electrons. The van der Waals surface area contributed by atoms with E-state index in [4.69, 9.17) is 5.11 Å². The van der Waals surface area contributed by atoms with Crippen molar-refractivity contribution in [2.45, 2.75) is 11.4 Å². The summed E-state index contributed by atoms with van der Waals surface area (Å²) in [6.07, 6.45) is -1.02. The first kappa shape index (κ1) is 16.8. The molecule has 0 radical (unpaired) electrons. The second kappa shape index (κ2) is 6.69. The Morgan fingerprint density at radius 1 is 1.26 bits per heavy atom. The summed E-state index contributed by atoms with van der Waals surface area (Å²) in [6, 6.07) is 8.08. The summed E-state index contributed by atoms with van der Waals surface area (Å²) >= 11 is 0. The zero-order chi connectivity index (χ0) is 17.0. The van der Waals surface area contributed by atoms with E-state index in [1.165, 1.54) is 0 Å². The molecule has 0 saturated heterocycles. The summed E-state index contributed by atoms with van der Waals surface area (Å²) in [5.74, 6) is -2.11. The number of carboxylic acid groups (broad SMARTS) is 1. The molecular formula is C14H12F2N2O4S. The van der Waals surface area contributed by atoms with E-state index in [1.807, 2.05) is 0 Å². The van der Waals surface area contributed by atoms with Gasteiger partial charge in [-0.3, -0.25) is 0 Å². The third-order valence-electron chi connectivity index (χ3n) is 2.94. The van der Waals surface area contributed by atoms with Gasteiger partial charge in [-0.2, -0.15) is 13.9 Å². The highest BCUT2D eigenvalue weighted by Gasteiger charge is 2.28. The zero-order valence-electron chi connectivity index (χ0n) is 11.7. The predicted molar refractivity (Wildman–Crippen MR) is 77.5 cm³/mol. The summed E-state index contributed by atoms with van der Waals surface area (Å²) in [6.45, 7) is 0. The number of rotatable bonds is 6. The van der Waals surface area contributed by atoms with Crippen molar-refractivity contribution in [2.24, 2.45) is 0 Å². The number of benzene rings is 1. The van der Waals surface area contributed by atoms with Gasteiger partial charge < -0.3 is 5.11 Å². The lowest BCUT2D eigenvalue weighted by Crippen LogP contribution is -2.16. The normalized spacial score (nSPS) is 11.2. The van der Waals surface area contributed by atoms with Crippen molar-refractivity contribution in [3.8, 4) is 5.69 Å². The van der Waals surface area contributed by atoms with Gasteiger partial charge >= 0.3 is 5.97 Å². The number of nitrogens with zero attached hydrogens (tertiary/aromatic N) is 2. The second-order valence-corrected chi connectivity index (χ2v) is 6.54. The lowest BCUT2D eigenvalue weighted by molar-refractivity contribution is 0.0692. The number of carbonyl (C=O) groups is 1. The van der Waals surface area contributed by atoms with Crippen LogP contribution in [-0.2, 0) is 9.84 Å². The first-order chi connectivity index (χ1) is 10.8. The van der Waals surface area contributed by atoms with Crippen LogP contribution in [0.5, 0.6) is 0 Å². The number of sulfone groups is 1. The highest BCUT2D eigenvalue weighted by molar-refractivity contribution is 7.91. The second-order valence-electron chi connectivity index (χ2n) is 4.52. The molecule has 0 atom stereocenters. The summed E-state index contributed by atoms with van der Waals surface area (Å²) in [7, 11) is -4.13. The number of carboxylic acids is 1. The van der Waals surface area contributed by atoms with Crippen LogP contribution < -0.4 is 0 Å². The Balaban J connectivity index is 2.53. The van der Waals surface area contributed by atoms with E-state index < -0.39 is 44.7 Å². The molecule has 0 bridgehead atoms. The molecule has 0 fully saturated rings. The highest BCUT2D eigenvalue weighted by Crippen LogP contribution is 2.22. The van der Waals surface area contributed by atoms with Crippen LogP contribution in [-0.4, -0.2) is 35.0 Å². The molecular weight excluding hydrogens is 330 g/mol. The van der Waals surface area contributed by atoms with Crippen LogP contribution in [0.15, 0.2) is 53.7 Å². The maximum Gasteiger partial charge on any atom is 0.340 e. The largest absolute Gasteiger partial charge is 0.478 e. The lowest BCUT2D eigenvalue weighted by Gasteiger charge is -2.09. The van der Waals surface area contributed by atoms with Crippen LogP contribution >= 0.6 is 0 Å². The summed E-state index contributed by atoms with van der Waals surface area (Å²) in [5, 5.41) is 12.4. The van der Waals surface area contributed by atoms with E-state index in [-0.39, 0.29) is 0 Å². The van der Waals surface area contributed by atoms with Crippen molar-refractivity contribution in [1.82, 2.24) is 9.78 Å². The number of allylic oxidation sites excluding steroid dienone is 1. The van der Waals surface area contributed by atoms with Crippen LogP contribution in [0.4, 0.5) is 8.78 Å². The molecule has 0 unspecified atom stereocenters. The Bertz CT molecular complexity index is 841. The number of hydrogen-bond donors (Lipinski definition) is 1. The van der Waals surface area contributed by atoms with Gasteiger partial charge in [0.15, 0.2) is 14.9 Å². The van der Waals surface area contributed by atoms with Crippen molar-refractivity contribution >= 4 is 15.8 Å². The molecule has 6 nitrogen and oxygen atoms in total. The maximum atomic E-state index is 12.4. The van der Waals surface area contributed by atoms with Gasteiger partial charge in [0, 0.05) is 0 Å². The van der Waals surface area contributed by atoms with E-state index in [2.05, 4.69) is 5.10 Å². The van der Waals surface area contributed by atoms with Crippen LogP contribution in [0.3, 0.4) is 0 Å². The Morgan fingerprint density at radius 2 is 1.91 bits per heavy atom. The van der Waals surface area contributed by atoms with E-state index in [0.29, 0.717) is 11.8 Å². The summed E-state index contributed by atoms with van der Waals surface area (Å²) < 4.78 is 49.9. The minimum Gasteiger partial charge on any atom is -0.478 e. The molecule has 1 aromatic heterocycles. The number of halogens is 2. The van der Waals surface area contributed by atoms with E-state index >= 15 is 0 Å². The molecule has 0 aliphatic carbocycles. The smallest absolute Gasteiger partial charge is 0.340 e. The Kier molecular flexibility index (Phi) is 4.89. The standard InChI is InChI=1S/C14H12F2N2O4S/c15-12(16)7-4-8-23(21,22)13-11(14(19)20)9-17-18(13)10-5-2-1-3-6-10/h1-3,5-7,9H,4,8H2,(H,19,20). The van der Waals surface area contributed by atoms with Crippen molar-refractivity contribution in [1.29, 1.82) is 0 Å². The number of hydrogen-bond acceptors (Lipinski definition) is 4. The average molecular weight is 342 g/mol. The van der Waals surface area contributed by atoms with Crippen molar-refractivity contribution in [2.75, 3.05) is 5.75 Å². The fourth-order valence-electron chi connectivity index (χ4n) is 1.96. The number of aromatic carboxylic acids is 1. The van der Waals surface area contributed by atoms with Crippen LogP contribution in [0.2, 0.25) is 0 Å². The molecule has 1 heterocycles. The van der Waals surface area contributed by atoms with Gasteiger partial charge in [-0.1, -0.05) is 18.2 Å². The molecule has 0 aliphatic rings. The first-order valence-electron chi connectivity index (χ1n) is 6.43. The highest BCUT2D eigenvalue weighted by atomic mass is 32.2. The third-order valence-corrected chi connectivity index (χ3v) is 4.69. The lowest BCUT2D eigenvalue weighted by atomic mass is 10.3. The van der Waals surface area contributed by atoms with Crippen molar-refractivity contribution in [3.05, 3.63) is 54.2 Å². The molecule has 2 rings (SSSR count). The fourth-order valence-corrected chi connectivity index (χ4v) is 3.47. The Labute approximate surface area is 130 Å². The topological polar surface area (TPSA) is 89.3 Å². The SMILES string of the molecule is O=C(O)c1cnn(-c2ccccc2)c1S(=O)(=O)CCC=C(F)F. The summed E-state index contributed by atoms with van der Waals surface area (Å²) in [5.41, 5.74) is -0.149. The quantitative estimate of drug-likeness (QED) is 0.871. The van der Waals surface area contributed by atoms with Crippen LogP contribution in [0.1, 0.15) is 16.8 Å². The predicted octanol–water partition coefficient (Wildman–Crippen LogP) is 2.51. The molecule has 23 heavy (non-hydrogen) atoms. The van der Waals surface area contributed by atoms with Gasteiger partial charge in [0.05, 0.1) is 17.6 Å². The first-order valence-corrected chi connectivity index (χ1v) is 8.09.